The third-order valence-corrected chi connectivity index (χ3v) is 7.48. The van der Waals surface area contributed by atoms with E-state index in [0.717, 1.165) is 16.0 Å². The number of rotatable bonds is 4. The van der Waals surface area contributed by atoms with Crippen molar-refractivity contribution in [2.75, 3.05) is 17.3 Å². The molecule has 186 valence electrons. The average molecular weight is 518 g/mol. The second-order valence-corrected chi connectivity index (χ2v) is 9.57. The van der Waals surface area contributed by atoms with Crippen LogP contribution < -0.4 is 15.0 Å². The van der Waals surface area contributed by atoms with Crippen molar-refractivity contribution in [1.82, 2.24) is 4.90 Å². The van der Waals surface area contributed by atoms with Gasteiger partial charge in [0.2, 0.25) is 17.7 Å². The summed E-state index contributed by atoms with van der Waals surface area (Å²) in [7, 11) is 1.47. The zero-order chi connectivity index (χ0) is 25.8. The lowest BCUT2D eigenvalue weighted by Gasteiger charge is -2.35. The Labute approximate surface area is 217 Å². The van der Waals surface area contributed by atoms with Gasteiger partial charge >= 0.3 is 0 Å². The van der Waals surface area contributed by atoms with Crippen LogP contribution in [-0.2, 0) is 14.4 Å². The Morgan fingerprint density at radius 1 is 1.00 bits per heavy atom. The van der Waals surface area contributed by atoms with Crippen molar-refractivity contribution in [2.24, 2.45) is 11.8 Å². The van der Waals surface area contributed by atoms with Gasteiger partial charge in [0.25, 0.3) is 0 Å². The maximum Gasteiger partial charge on any atom is 0.248 e. The number of benzene rings is 3. The lowest BCUT2D eigenvalue weighted by Crippen LogP contribution is -2.46. The molecule has 3 aliphatic heterocycles. The number of halogens is 2. The minimum absolute atomic E-state index is 0.117. The summed E-state index contributed by atoms with van der Waals surface area (Å²) in [4.78, 5) is 44.1. The molecule has 7 nitrogen and oxygen atoms in total. The summed E-state index contributed by atoms with van der Waals surface area (Å²) in [6.07, 6.45) is 3.61. The Hall–Kier alpha value is -4.17. The van der Waals surface area contributed by atoms with Crippen molar-refractivity contribution < 1.29 is 23.5 Å². The number of ether oxygens (including phenoxy) is 1. The largest absolute Gasteiger partial charge is 0.495 e. The molecular weight excluding hydrogens is 497 g/mol. The van der Waals surface area contributed by atoms with Crippen molar-refractivity contribution in [2.45, 2.75) is 12.1 Å². The van der Waals surface area contributed by atoms with Crippen LogP contribution in [0.1, 0.15) is 17.2 Å². The number of fused-ring (bicyclic) bond motifs is 5. The fourth-order valence-electron chi connectivity index (χ4n) is 5.71. The first kappa shape index (κ1) is 23.2. The zero-order valence-electron chi connectivity index (χ0n) is 19.6. The highest BCUT2D eigenvalue weighted by Gasteiger charge is 2.64. The van der Waals surface area contributed by atoms with Crippen LogP contribution in [0, 0.1) is 17.7 Å². The first-order valence-corrected chi connectivity index (χ1v) is 12.1. The van der Waals surface area contributed by atoms with Crippen LogP contribution >= 0.6 is 11.6 Å². The molecule has 0 aliphatic carbocycles. The van der Waals surface area contributed by atoms with Gasteiger partial charge in [-0.2, -0.15) is 0 Å². The van der Waals surface area contributed by atoms with Gasteiger partial charge in [-0.05, 0) is 47.5 Å². The molecule has 3 aliphatic rings. The fourth-order valence-corrected chi connectivity index (χ4v) is 5.88. The van der Waals surface area contributed by atoms with Gasteiger partial charge in [-0.1, -0.05) is 48.0 Å². The molecule has 3 heterocycles. The van der Waals surface area contributed by atoms with Crippen molar-refractivity contribution in [3.63, 3.8) is 0 Å². The molecule has 0 radical (unpaired) electrons. The third kappa shape index (κ3) is 3.51. The van der Waals surface area contributed by atoms with E-state index < -0.39 is 47.5 Å². The molecule has 3 amide bonds. The fraction of sp³-hybridized carbons (Fsp3) is 0.179. The topological polar surface area (TPSA) is 79.0 Å². The van der Waals surface area contributed by atoms with E-state index in [1.807, 2.05) is 30.3 Å². The van der Waals surface area contributed by atoms with E-state index in [0.29, 0.717) is 16.5 Å². The molecule has 6 rings (SSSR count). The van der Waals surface area contributed by atoms with Gasteiger partial charge in [0, 0.05) is 11.2 Å². The highest BCUT2D eigenvalue weighted by molar-refractivity contribution is 6.31. The first-order chi connectivity index (χ1) is 17.9. The molecule has 1 N–H and O–H groups in total. The van der Waals surface area contributed by atoms with E-state index in [4.69, 9.17) is 16.3 Å². The molecule has 0 unspecified atom stereocenters. The van der Waals surface area contributed by atoms with Crippen LogP contribution in [0.4, 0.5) is 15.8 Å². The zero-order valence-corrected chi connectivity index (χ0v) is 20.4. The lowest BCUT2D eigenvalue weighted by atomic mass is 9.84. The minimum atomic E-state index is -1.03. The van der Waals surface area contributed by atoms with E-state index in [9.17, 15) is 18.8 Å². The second-order valence-electron chi connectivity index (χ2n) is 9.13. The van der Waals surface area contributed by atoms with Crippen molar-refractivity contribution in [3.8, 4) is 5.75 Å². The van der Waals surface area contributed by atoms with E-state index in [2.05, 4.69) is 5.32 Å². The van der Waals surface area contributed by atoms with Gasteiger partial charge in [0.15, 0.2) is 0 Å². The maximum absolute atomic E-state index is 14.7. The summed E-state index contributed by atoms with van der Waals surface area (Å²) in [6.45, 7) is 0. The van der Waals surface area contributed by atoms with Gasteiger partial charge in [-0.3, -0.25) is 14.4 Å². The Morgan fingerprint density at radius 3 is 2.51 bits per heavy atom. The number of nitrogens with zero attached hydrogens (tertiary/aromatic N) is 2. The van der Waals surface area contributed by atoms with E-state index >= 15 is 0 Å². The molecule has 3 aromatic rings. The van der Waals surface area contributed by atoms with Gasteiger partial charge in [-0.15, -0.1) is 0 Å². The molecule has 3 aromatic carbocycles. The molecule has 0 aromatic heterocycles. The van der Waals surface area contributed by atoms with Crippen molar-refractivity contribution >= 4 is 46.8 Å². The van der Waals surface area contributed by atoms with Crippen LogP contribution in [0.15, 0.2) is 72.9 Å². The molecule has 2 fully saturated rings. The van der Waals surface area contributed by atoms with E-state index in [-0.39, 0.29) is 5.69 Å². The number of methoxy groups -OCH3 is 1. The van der Waals surface area contributed by atoms with Crippen LogP contribution in [0.25, 0.3) is 6.08 Å². The van der Waals surface area contributed by atoms with Crippen LogP contribution in [0.5, 0.6) is 5.75 Å². The van der Waals surface area contributed by atoms with Crippen molar-refractivity contribution in [3.05, 3.63) is 94.9 Å². The number of hydrogen-bond donors (Lipinski definition) is 1. The molecular formula is C28H21ClFN3O4. The van der Waals surface area contributed by atoms with Gasteiger partial charge in [-0.25, -0.2) is 9.29 Å². The number of carbonyl (C=O) groups excluding carboxylic acids is 3. The maximum atomic E-state index is 14.7. The molecule has 37 heavy (non-hydrogen) atoms. The summed E-state index contributed by atoms with van der Waals surface area (Å²) in [6, 6.07) is 16.4. The first-order valence-electron chi connectivity index (χ1n) is 11.7. The Morgan fingerprint density at radius 2 is 1.73 bits per heavy atom. The smallest absolute Gasteiger partial charge is 0.248 e. The molecule has 9 heteroatoms. The number of hydrogen-bond acceptors (Lipinski definition) is 5. The molecule has 0 saturated carbocycles. The quantitative estimate of drug-likeness (QED) is 0.510. The normalized spacial score (nSPS) is 23.5. The SMILES string of the molecule is COc1ccc(Cl)cc1NC(=O)[C@@H]1[C@@H]2C(=O)N(c3ccccc3F)C(=O)[C@H]2[C@@H]2c3ccccc3C=CN12. The predicted octanol–water partition coefficient (Wildman–Crippen LogP) is 4.64. The summed E-state index contributed by atoms with van der Waals surface area (Å²) >= 11 is 6.15. The van der Waals surface area contributed by atoms with Crippen LogP contribution in [0.2, 0.25) is 5.02 Å². The number of anilines is 2. The summed E-state index contributed by atoms with van der Waals surface area (Å²) < 4.78 is 20.1. The molecule has 2 saturated heterocycles. The Bertz CT molecular complexity index is 1490. The highest BCUT2D eigenvalue weighted by atomic mass is 35.5. The van der Waals surface area contributed by atoms with Crippen LogP contribution in [-0.4, -0.2) is 35.8 Å². The van der Waals surface area contributed by atoms with Gasteiger partial charge < -0.3 is 15.0 Å². The summed E-state index contributed by atoms with van der Waals surface area (Å²) in [5, 5.41) is 3.23. The number of imide groups is 1. The summed E-state index contributed by atoms with van der Waals surface area (Å²) in [5.74, 6) is -3.85. The van der Waals surface area contributed by atoms with Gasteiger partial charge in [0.05, 0.1) is 36.4 Å². The second kappa shape index (κ2) is 8.74. The minimum Gasteiger partial charge on any atom is -0.495 e. The average Bonchev–Trinajstić information content (AvgIpc) is 3.37. The molecule has 4 atom stereocenters. The number of nitrogens with one attached hydrogen (secondary N) is 1. The predicted molar refractivity (Wildman–Crippen MR) is 136 cm³/mol. The summed E-state index contributed by atoms with van der Waals surface area (Å²) in [5.41, 5.74) is 1.94. The highest BCUT2D eigenvalue weighted by Crippen LogP contribution is 2.53. The molecule has 0 spiro atoms. The Balaban J connectivity index is 1.46. The van der Waals surface area contributed by atoms with Gasteiger partial charge in [0.1, 0.15) is 17.6 Å². The van der Waals surface area contributed by atoms with E-state index in [1.54, 1.807) is 35.4 Å². The number of para-hydroxylation sites is 1. The monoisotopic (exact) mass is 517 g/mol. The molecule has 0 bridgehead atoms. The third-order valence-electron chi connectivity index (χ3n) is 7.24. The van der Waals surface area contributed by atoms with E-state index in [1.165, 1.54) is 25.3 Å². The number of carbonyl (C=O) groups is 3. The Kier molecular flexibility index (Phi) is 5.49. The number of amides is 3. The van der Waals surface area contributed by atoms with Crippen molar-refractivity contribution in [1.29, 1.82) is 0 Å². The lowest BCUT2D eigenvalue weighted by molar-refractivity contribution is -0.128. The standard InChI is InChI=1S/C28H21ClFN3O4/c1-37-21-11-10-16(29)14-19(21)31-26(34)25-23-22(24-17-7-3-2-6-15(17)12-13-32(24)25)27(35)33(28(23)36)20-9-5-4-8-18(20)30/h2-14,22-25H,1H3,(H,31,34)/t22-,23-,24+,25+/m1/s1. The van der Waals surface area contributed by atoms with Crippen LogP contribution in [0.3, 0.4) is 0 Å².